The van der Waals surface area contributed by atoms with E-state index in [1.807, 2.05) is 30.1 Å². The summed E-state index contributed by atoms with van der Waals surface area (Å²) in [6.45, 7) is 6.37. The van der Waals surface area contributed by atoms with Gasteiger partial charge in [0.15, 0.2) is 0 Å². The van der Waals surface area contributed by atoms with Crippen molar-refractivity contribution in [1.82, 2.24) is 25.8 Å². The van der Waals surface area contributed by atoms with Crippen molar-refractivity contribution in [3.8, 4) is 0 Å². The van der Waals surface area contributed by atoms with Crippen LogP contribution in [-0.2, 0) is 31.0 Å². The van der Waals surface area contributed by atoms with Gasteiger partial charge in [0, 0.05) is 67.9 Å². The number of hydrogen-bond acceptors (Lipinski definition) is 10. The number of para-hydroxylation sites is 1. The summed E-state index contributed by atoms with van der Waals surface area (Å²) in [6, 6.07) is 15.0. The number of piperidine rings is 2. The van der Waals surface area contributed by atoms with Crippen LogP contribution in [0, 0.1) is 17.2 Å². The standard InChI is InChI=1S/C52H63Cl2FN8O5/c1-60-45-32(7-5-10-39(45)63(49(60)68)40-17-18-41(64)58-46(40)65)19-24-62-29-50(30-62)22-25-61(26-23-50)28-31-11-14-34(15-12-31)56-47(66)44-42(35-8-6-9-37(54)43(35)55)52(51(59-44)20-3-2-4-21-51)36-16-13-33(53)27-38(36)57-48(52)67/h5-10,13,16,27,31,34,40,42,44,49,59,68H,2-4,11-12,14-15,17-26,28-30H2,1H3,(H,56,66)(H,57,67)(H,58,64,65)/t31?,34?,40?,42-,44+,49?,52+/m0/s1. The van der Waals surface area contributed by atoms with Gasteiger partial charge in [0.25, 0.3) is 0 Å². The van der Waals surface area contributed by atoms with Crippen molar-refractivity contribution < 1.29 is 28.7 Å². The SMILES string of the molecule is CN1c2c(CCN3CC4(CCN(CC5CCC(NC(=O)[C@@H]6NC7(CCCCC7)[C@@]7(C(=O)Nc8cc(Cl)ccc87)[C@H]6c6cccc(Cl)c6F)CC5)CC4)C3)cccc2N(C2CCC(=O)NC2=O)C1O. The first-order chi connectivity index (χ1) is 32.8. The molecule has 2 unspecified atom stereocenters. The third-order valence-electron chi connectivity index (χ3n) is 17.6. The minimum Gasteiger partial charge on any atom is -0.356 e. The predicted molar refractivity (Wildman–Crippen MR) is 260 cm³/mol. The van der Waals surface area contributed by atoms with Gasteiger partial charge in [0.1, 0.15) is 17.3 Å². The Labute approximate surface area is 407 Å². The van der Waals surface area contributed by atoms with Gasteiger partial charge in [-0.25, -0.2) is 4.39 Å². The first kappa shape index (κ1) is 46.1. The van der Waals surface area contributed by atoms with E-state index >= 15 is 4.39 Å². The first-order valence-corrected chi connectivity index (χ1v) is 25.8. The lowest BCUT2D eigenvalue weighted by molar-refractivity contribution is -0.134. The Hall–Kier alpha value is -4.31. The second-order valence-corrected chi connectivity index (χ2v) is 22.3. The molecule has 3 aromatic carbocycles. The number of imide groups is 1. The molecule has 0 radical (unpaired) electrons. The minimum absolute atomic E-state index is 0.00923. The predicted octanol–water partition coefficient (Wildman–Crippen LogP) is 6.43. The normalized spacial score (nSPS) is 30.9. The van der Waals surface area contributed by atoms with Gasteiger partial charge in [-0.15, -0.1) is 0 Å². The zero-order valence-corrected chi connectivity index (χ0v) is 40.3. The number of hydrogen-bond donors (Lipinski definition) is 5. The van der Waals surface area contributed by atoms with Crippen molar-refractivity contribution in [2.75, 3.05) is 61.4 Å². The van der Waals surface area contributed by atoms with Crippen LogP contribution in [0.2, 0.25) is 10.0 Å². The molecule has 11 rings (SSSR count). The van der Waals surface area contributed by atoms with Crippen molar-refractivity contribution in [2.24, 2.45) is 11.3 Å². The second kappa shape index (κ2) is 17.8. The Bertz CT molecular complexity index is 2500. The summed E-state index contributed by atoms with van der Waals surface area (Å²) < 4.78 is 16.4. The Kier molecular flexibility index (Phi) is 12.1. The topological polar surface area (TPSA) is 150 Å². The number of likely N-dealkylation sites (tertiary alicyclic amines) is 2. The molecule has 3 spiro atoms. The number of halogens is 3. The summed E-state index contributed by atoms with van der Waals surface area (Å²) in [5, 5.41) is 24.4. The van der Waals surface area contributed by atoms with Gasteiger partial charge in [-0.1, -0.05) is 72.8 Å². The third-order valence-corrected chi connectivity index (χ3v) is 18.1. The zero-order valence-electron chi connectivity index (χ0n) is 38.8. The van der Waals surface area contributed by atoms with Crippen LogP contribution in [0.1, 0.15) is 106 Å². The molecule has 6 fully saturated rings. The Morgan fingerprint density at radius 3 is 2.40 bits per heavy atom. The van der Waals surface area contributed by atoms with Gasteiger partial charge in [-0.05, 0) is 130 Å². The molecule has 3 aromatic rings. The van der Waals surface area contributed by atoms with Crippen molar-refractivity contribution >= 4 is 63.9 Å². The largest absolute Gasteiger partial charge is 0.356 e. The molecule has 16 heteroatoms. The number of nitrogens with one attached hydrogen (secondary N) is 4. The van der Waals surface area contributed by atoms with E-state index in [1.165, 1.54) is 18.9 Å². The van der Waals surface area contributed by atoms with Crippen molar-refractivity contribution in [1.29, 1.82) is 0 Å². The molecule has 0 aromatic heterocycles. The van der Waals surface area contributed by atoms with Crippen LogP contribution in [0.15, 0.2) is 54.6 Å². The van der Waals surface area contributed by atoms with Crippen molar-refractivity contribution in [3.05, 3.63) is 87.2 Å². The Balaban J connectivity index is 0.689. The maximum atomic E-state index is 16.4. The number of anilines is 3. The van der Waals surface area contributed by atoms with E-state index in [4.69, 9.17) is 23.2 Å². The molecule has 5 N–H and O–H groups in total. The van der Waals surface area contributed by atoms with Crippen LogP contribution in [0.3, 0.4) is 0 Å². The number of carbonyl (C=O) groups excluding carboxylic acids is 4. The summed E-state index contributed by atoms with van der Waals surface area (Å²) in [6.07, 6.45) is 10.9. The van der Waals surface area contributed by atoms with Crippen LogP contribution >= 0.6 is 23.2 Å². The summed E-state index contributed by atoms with van der Waals surface area (Å²) in [5.41, 5.74) is 2.91. The molecule has 8 aliphatic rings. The maximum Gasteiger partial charge on any atom is 0.249 e. The Morgan fingerprint density at radius 1 is 0.897 bits per heavy atom. The molecule has 6 heterocycles. The summed E-state index contributed by atoms with van der Waals surface area (Å²) in [5.74, 6) is -1.93. The Morgan fingerprint density at radius 2 is 1.65 bits per heavy atom. The lowest BCUT2D eigenvalue weighted by atomic mass is 9.55. The smallest absolute Gasteiger partial charge is 0.249 e. The number of nitrogens with zero attached hydrogens (tertiary/aromatic N) is 4. The summed E-state index contributed by atoms with van der Waals surface area (Å²) in [4.78, 5) is 62.9. The highest BCUT2D eigenvalue weighted by Gasteiger charge is 2.72. The van der Waals surface area contributed by atoms with E-state index in [0.717, 1.165) is 113 Å². The molecule has 4 saturated heterocycles. The van der Waals surface area contributed by atoms with Crippen molar-refractivity contribution in [2.45, 2.75) is 131 Å². The molecule has 362 valence electrons. The lowest BCUT2D eigenvalue weighted by Crippen LogP contribution is -2.60. The number of carbonyl (C=O) groups is 4. The molecular formula is C52H63Cl2FN8O5. The van der Waals surface area contributed by atoms with E-state index in [-0.39, 0.29) is 46.7 Å². The van der Waals surface area contributed by atoms with Crippen LogP contribution in [0.4, 0.5) is 21.5 Å². The van der Waals surface area contributed by atoms with E-state index in [2.05, 4.69) is 37.1 Å². The van der Waals surface area contributed by atoms with Crippen LogP contribution in [0.5, 0.6) is 0 Å². The maximum absolute atomic E-state index is 16.4. The lowest BCUT2D eigenvalue weighted by Gasteiger charge is -2.54. The summed E-state index contributed by atoms with van der Waals surface area (Å²) in [7, 11) is 1.86. The highest BCUT2D eigenvalue weighted by molar-refractivity contribution is 6.31. The summed E-state index contributed by atoms with van der Waals surface area (Å²) >= 11 is 12.9. The van der Waals surface area contributed by atoms with Gasteiger partial charge in [0.05, 0.1) is 22.4 Å². The molecule has 5 atom stereocenters. The molecular weight excluding hydrogens is 907 g/mol. The molecule has 4 amide bonds. The average Bonchev–Trinajstić information content (AvgIpc) is 3.87. The zero-order chi connectivity index (χ0) is 47.1. The van der Waals surface area contributed by atoms with Crippen molar-refractivity contribution in [3.63, 3.8) is 0 Å². The van der Waals surface area contributed by atoms with Gasteiger partial charge in [-0.3, -0.25) is 29.8 Å². The van der Waals surface area contributed by atoms with Crippen LogP contribution < -0.4 is 31.1 Å². The van der Waals surface area contributed by atoms with Gasteiger partial charge >= 0.3 is 0 Å². The first-order valence-electron chi connectivity index (χ1n) is 25.0. The highest BCUT2D eigenvalue weighted by atomic mass is 35.5. The monoisotopic (exact) mass is 968 g/mol. The second-order valence-electron chi connectivity index (χ2n) is 21.4. The fourth-order valence-electron chi connectivity index (χ4n) is 14.3. The molecule has 0 bridgehead atoms. The average molecular weight is 970 g/mol. The number of rotatable bonds is 9. The van der Waals surface area contributed by atoms with Gasteiger partial charge in [0.2, 0.25) is 30.0 Å². The fraction of sp³-hybridized carbons (Fsp3) is 0.577. The molecule has 13 nitrogen and oxygen atoms in total. The number of fused-ring (bicyclic) bond motifs is 4. The highest BCUT2D eigenvalue weighted by Crippen LogP contribution is 2.63. The van der Waals surface area contributed by atoms with E-state index in [9.17, 15) is 24.3 Å². The van der Waals surface area contributed by atoms with Gasteiger partial charge in [-0.2, -0.15) is 0 Å². The number of aliphatic hydroxyl groups is 1. The van der Waals surface area contributed by atoms with E-state index < -0.39 is 41.1 Å². The van der Waals surface area contributed by atoms with Crippen LogP contribution in [0.25, 0.3) is 0 Å². The molecule has 2 saturated carbocycles. The van der Waals surface area contributed by atoms with Crippen LogP contribution in [-0.4, -0.2) is 115 Å². The molecule has 2 aliphatic carbocycles. The minimum atomic E-state index is -1.25. The number of aliphatic hydroxyl groups excluding tert-OH is 1. The number of amides is 4. The van der Waals surface area contributed by atoms with E-state index in [1.54, 1.807) is 29.2 Å². The fourth-order valence-corrected chi connectivity index (χ4v) is 14.7. The molecule has 68 heavy (non-hydrogen) atoms. The number of benzene rings is 3. The van der Waals surface area contributed by atoms with E-state index in [0.29, 0.717) is 41.3 Å². The van der Waals surface area contributed by atoms with Gasteiger partial charge < -0.3 is 35.3 Å². The third kappa shape index (κ3) is 7.62. The quantitative estimate of drug-likeness (QED) is 0.152. The molecule has 6 aliphatic heterocycles.